The third-order valence-corrected chi connectivity index (χ3v) is 1.54. The lowest BCUT2D eigenvalue weighted by Crippen LogP contribution is -2.09. The van der Waals surface area contributed by atoms with Crippen molar-refractivity contribution in [3.63, 3.8) is 0 Å². The Bertz CT molecular complexity index is 339. The van der Waals surface area contributed by atoms with E-state index in [1.165, 1.54) is 12.1 Å². The molecule has 0 aliphatic heterocycles. The van der Waals surface area contributed by atoms with Gasteiger partial charge < -0.3 is 5.32 Å². The number of benzene rings is 1. The maximum Gasteiger partial charge on any atom is 0.141 e. The molecular weight excluding hydrogens is 167 g/mol. The molecule has 0 amide bonds. The predicted molar refractivity (Wildman–Crippen MR) is 49.9 cm³/mol. The molecule has 0 heterocycles. The van der Waals surface area contributed by atoms with Gasteiger partial charge in [0.2, 0.25) is 0 Å². The van der Waals surface area contributed by atoms with Gasteiger partial charge in [-0.3, -0.25) is 0 Å². The Morgan fingerprint density at radius 3 is 2.69 bits per heavy atom. The molecule has 3 heteroatoms. The molecule has 0 saturated heterocycles. The maximum atomic E-state index is 12.9. The zero-order valence-corrected chi connectivity index (χ0v) is 7.63. The van der Waals surface area contributed by atoms with Crippen LogP contribution in [0, 0.1) is 17.1 Å². The number of halogens is 1. The Morgan fingerprint density at radius 2 is 2.15 bits per heavy atom. The quantitative estimate of drug-likeness (QED) is 0.755. The average Bonchev–Trinajstić information content (AvgIpc) is 2.07. The molecule has 0 unspecified atom stereocenters. The van der Waals surface area contributed by atoms with Gasteiger partial charge in [0.15, 0.2) is 0 Å². The first-order valence-corrected chi connectivity index (χ1v) is 4.09. The number of hydrogen-bond donors (Lipinski definition) is 1. The van der Waals surface area contributed by atoms with E-state index < -0.39 is 5.82 Å². The molecule has 68 valence electrons. The van der Waals surface area contributed by atoms with E-state index in [2.05, 4.69) is 5.32 Å². The molecule has 2 nitrogen and oxygen atoms in total. The summed E-state index contributed by atoms with van der Waals surface area (Å²) in [5, 5.41) is 11.6. The lowest BCUT2D eigenvalue weighted by molar-refractivity contribution is 0.624. The third kappa shape index (κ3) is 2.45. The average molecular weight is 178 g/mol. The highest BCUT2D eigenvalue weighted by atomic mass is 19.1. The lowest BCUT2D eigenvalue weighted by atomic mass is 10.2. The molecule has 0 aromatic heterocycles. The molecule has 0 fully saturated rings. The molecule has 1 N–H and O–H groups in total. The number of hydrogen-bond acceptors (Lipinski definition) is 2. The Morgan fingerprint density at radius 1 is 1.46 bits per heavy atom. The Hall–Kier alpha value is -1.56. The zero-order chi connectivity index (χ0) is 9.84. The van der Waals surface area contributed by atoms with E-state index in [-0.39, 0.29) is 11.6 Å². The van der Waals surface area contributed by atoms with Gasteiger partial charge in [-0.2, -0.15) is 5.26 Å². The van der Waals surface area contributed by atoms with Gasteiger partial charge >= 0.3 is 0 Å². The van der Waals surface area contributed by atoms with Crippen molar-refractivity contribution < 1.29 is 4.39 Å². The summed E-state index contributed by atoms with van der Waals surface area (Å²) in [6.45, 7) is 3.96. The minimum Gasteiger partial charge on any atom is -0.383 e. The van der Waals surface area contributed by atoms with Crippen LogP contribution in [0.1, 0.15) is 19.4 Å². The van der Waals surface area contributed by atoms with Crippen molar-refractivity contribution >= 4 is 5.69 Å². The van der Waals surface area contributed by atoms with Gasteiger partial charge in [0.05, 0.1) is 5.56 Å². The van der Waals surface area contributed by atoms with E-state index in [1.807, 2.05) is 13.8 Å². The summed E-state index contributed by atoms with van der Waals surface area (Å²) in [4.78, 5) is 0. The second-order valence-electron chi connectivity index (χ2n) is 3.11. The van der Waals surface area contributed by atoms with E-state index in [0.29, 0.717) is 0 Å². The standard InChI is InChI=1S/C10H11FN2/c1-7(2)13-9-3-4-10(11)8(5-9)6-12/h3-5,7,13H,1-2H3. The topological polar surface area (TPSA) is 35.8 Å². The van der Waals surface area contributed by atoms with Crippen LogP contribution in [-0.2, 0) is 0 Å². The molecule has 0 radical (unpaired) electrons. The van der Waals surface area contributed by atoms with Gasteiger partial charge in [0, 0.05) is 11.7 Å². The van der Waals surface area contributed by atoms with Crippen molar-refractivity contribution in [1.82, 2.24) is 0 Å². The van der Waals surface area contributed by atoms with E-state index >= 15 is 0 Å². The molecule has 13 heavy (non-hydrogen) atoms. The summed E-state index contributed by atoms with van der Waals surface area (Å²) in [7, 11) is 0. The van der Waals surface area contributed by atoms with Gasteiger partial charge in [0.1, 0.15) is 11.9 Å². The predicted octanol–water partition coefficient (Wildman–Crippen LogP) is 2.52. The normalized spacial score (nSPS) is 9.77. The van der Waals surface area contributed by atoms with Crippen molar-refractivity contribution in [2.45, 2.75) is 19.9 Å². The number of anilines is 1. The second-order valence-corrected chi connectivity index (χ2v) is 3.11. The van der Waals surface area contributed by atoms with Crippen LogP contribution in [0.15, 0.2) is 18.2 Å². The minimum atomic E-state index is -0.475. The molecule has 1 aromatic rings. The molecule has 0 aliphatic carbocycles. The fourth-order valence-corrected chi connectivity index (χ4v) is 1.03. The van der Waals surface area contributed by atoms with Crippen LogP contribution in [0.4, 0.5) is 10.1 Å². The Labute approximate surface area is 77.0 Å². The Balaban J connectivity index is 2.95. The molecule has 0 atom stereocenters. The van der Waals surface area contributed by atoms with Crippen LogP contribution in [0.3, 0.4) is 0 Å². The first-order chi connectivity index (χ1) is 6.13. The second kappa shape index (κ2) is 3.90. The summed E-state index contributed by atoms with van der Waals surface area (Å²) in [5.41, 5.74) is 0.846. The van der Waals surface area contributed by atoms with Crippen LogP contribution in [-0.4, -0.2) is 6.04 Å². The third-order valence-electron chi connectivity index (χ3n) is 1.54. The summed E-state index contributed by atoms with van der Waals surface area (Å²) in [5.74, 6) is -0.475. The number of nitriles is 1. The van der Waals surface area contributed by atoms with Gasteiger partial charge in [-0.25, -0.2) is 4.39 Å². The summed E-state index contributed by atoms with van der Waals surface area (Å²) < 4.78 is 12.9. The molecule has 1 rings (SSSR count). The molecule has 1 aromatic carbocycles. The van der Waals surface area contributed by atoms with E-state index in [0.717, 1.165) is 5.69 Å². The highest BCUT2D eigenvalue weighted by Gasteiger charge is 2.02. The van der Waals surface area contributed by atoms with Gasteiger partial charge in [-0.05, 0) is 32.0 Å². The molecule has 0 bridgehead atoms. The zero-order valence-electron chi connectivity index (χ0n) is 7.63. The smallest absolute Gasteiger partial charge is 0.141 e. The van der Waals surface area contributed by atoms with Gasteiger partial charge in [0.25, 0.3) is 0 Å². The first kappa shape index (κ1) is 9.53. The highest BCUT2D eigenvalue weighted by Crippen LogP contribution is 2.14. The molecular formula is C10H11FN2. The number of nitrogens with zero attached hydrogens (tertiary/aromatic N) is 1. The van der Waals surface area contributed by atoms with Gasteiger partial charge in [-0.15, -0.1) is 0 Å². The summed E-state index contributed by atoms with van der Waals surface area (Å²) >= 11 is 0. The fraction of sp³-hybridized carbons (Fsp3) is 0.300. The monoisotopic (exact) mass is 178 g/mol. The number of rotatable bonds is 2. The minimum absolute atomic E-state index is 0.0747. The molecule has 0 saturated carbocycles. The number of nitrogens with one attached hydrogen (secondary N) is 1. The lowest BCUT2D eigenvalue weighted by Gasteiger charge is -2.09. The SMILES string of the molecule is CC(C)Nc1ccc(F)c(C#N)c1. The first-order valence-electron chi connectivity index (χ1n) is 4.09. The van der Waals surface area contributed by atoms with Gasteiger partial charge in [-0.1, -0.05) is 0 Å². The van der Waals surface area contributed by atoms with Crippen molar-refractivity contribution in [2.75, 3.05) is 5.32 Å². The van der Waals surface area contributed by atoms with Crippen LogP contribution in [0.25, 0.3) is 0 Å². The highest BCUT2D eigenvalue weighted by molar-refractivity contribution is 5.50. The van der Waals surface area contributed by atoms with E-state index in [1.54, 1.807) is 12.1 Å². The summed E-state index contributed by atoms with van der Waals surface area (Å²) in [6, 6.07) is 6.49. The van der Waals surface area contributed by atoms with Crippen molar-refractivity contribution in [3.8, 4) is 6.07 Å². The van der Waals surface area contributed by atoms with Crippen LogP contribution in [0.2, 0.25) is 0 Å². The summed E-state index contributed by atoms with van der Waals surface area (Å²) in [6.07, 6.45) is 0. The van der Waals surface area contributed by atoms with Crippen LogP contribution in [0.5, 0.6) is 0 Å². The Kier molecular flexibility index (Phi) is 2.86. The van der Waals surface area contributed by atoms with Crippen molar-refractivity contribution in [3.05, 3.63) is 29.6 Å². The fourth-order valence-electron chi connectivity index (χ4n) is 1.03. The van der Waals surface area contributed by atoms with Crippen molar-refractivity contribution in [2.24, 2.45) is 0 Å². The van der Waals surface area contributed by atoms with E-state index in [9.17, 15) is 4.39 Å². The molecule has 0 spiro atoms. The van der Waals surface area contributed by atoms with Crippen molar-refractivity contribution in [1.29, 1.82) is 5.26 Å². The van der Waals surface area contributed by atoms with Crippen LogP contribution < -0.4 is 5.32 Å². The van der Waals surface area contributed by atoms with E-state index in [4.69, 9.17) is 5.26 Å². The molecule has 0 aliphatic rings. The largest absolute Gasteiger partial charge is 0.383 e. The maximum absolute atomic E-state index is 12.9. The van der Waals surface area contributed by atoms with Crippen LogP contribution >= 0.6 is 0 Å².